The summed E-state index contributed by atoms with van der Waals surface area (Å²) >= 11 is 5.92. The van der Waals surface area contributed by atoms with Crippen LogP contribution in [-0.4, -0.2) is 18.2 Å². The maximum atomic E-state index is 10.4. The van der Waals surface area contributed by atoms with E-state index in [2.05, 4.69) is 0 Å². The predicted octanol–water partition coefficient (Wildman–Crippen LogP) is 2.37. The van der Waals surface area contributed by atoms with Crippen LogP contribution in [0.15, 0.2) is 18.2 Å². The largest absolute Gasteiger partial charge is 0.496 e. The third-order valence-corrected chi connectivity index (χ3v) is 2.24. The summed E-state index contributed by atoms with van der Waals surface area (Å²) in [4.78, 5) is 10.4. The molecular weight excluding hydrogens is 204 g/mol. The van der Waals surface area contributed by atoms with Crippen molar-refractivity contribution in [2.45, 2.75) is 12.8 Å². The molecule has 0 aliphatic rings. The minimum absolute atomic E-state index is 0.0556. The number of benzene rings is 1. The average Bonchev–Trinajstić information content (AvgIpc) is 2.15. The normalized spacial score (nSPS) is 9.86. The van der Waals surface area contributed by atoms with Gasteiger partial charge < -0.3 is 9.84 Å². The average molecular weight is 215 g/mol. The molecule has 0 aliphatic heterocycles. The maximum Gasteiger partial charge on any atom is 0.303 e. The summed E-state index contributed by atoms with van der Waals surface area (Å²) in [5.74, 6) is -0.203. The summed E-state index contributed by atoms with van der Waals surface area (Å²) in [5, 5.41) is 9.09. The van der Waals surface area contributed by atoms with Crippen molar-refractivity contribution in [3.05, 3.63) is 28.8 Å². The number of carbonyl (C=O) groups is 1. The van der Waals surface area contributed by atoms with Crippen LogP contribution in [0.25, 0.3) is 0 Å². The molecule has 1 N–H and O–H groups in total. The fourth-order valence-electron chi connectivity index (χ4n) is 1.20. The van der Waals surface area contributed by atoms with Crippen molar-refractivity contribution >= 4 is 17.6 Å². The maximum absolute atomic E-state index is 10.4. The molecule has 0 unspecified atom stereocenters. The Balaban J connectivity index is 2.87. The van der Waals surface area contributed by atoms with Gasteiger partial charge in [-0.1, -0.05) is 17.7 Å². The molecule has 0 bridgehead atoms. The van der Waals surface area contributed by atoms with Crippen molar-refractivity contribution in [3.63, 3.8) is 0 Å². The molecule has 0 fully saturated rings. The van der Waals surface area contributed by atoms with Crippen molar-refractivity contribution in [1.82, 2.24) is 0 Å². The zero-order valence-electron chi connectivity index (χ0n) is 7.79. The van der Waals surface area contributed by atoms with Crippen LogP contribution < -0.4 is 4.74 Å². The summed E-state index contributed by atoms with van der Waals surface area (Å²) in [6.07, 6.45) is 0.443. The highest BCUT2D eigenvalue weighted by molar-refractivity contribution is 6.31. The van der Waals surface area contributed by atoms with E-state index in [4.69, 9.17) is 21.4 Å². The van der Waals surface area contributed by atoms with Crippen molar-refractivity contribution in [2.24, 2.45) is 0 Å². The number of hydrogen-bond donors (Lipinski definition) is 1. The third kappa shape index (κ3) is 2.64. The van der Waals surface area contributed by atoms with E-state index >= 15 is 0 Å². The Kier molecular flexibility index (Phi) is 3.77. The van der Waals surface area contributed by atoms with Crippen molar-refractivity contribution in [2.75, 3.05) is 7.11 Å². The zero-order valence-corrected chi connectivity index (χ0v) is 8.54. The highest BCUT2D eigenvalue weighted by Gasteiger charge is 2.08. The van der Waals surface area contributed by atoms with E-state index in [1.54, 1.807) is 18.2 Å². The van der Waals surface area contributed by atoms with Gasteiger partial charge in [0.05, 0.1) is 7.11 Å². The van der Waals surface area contributed by atoms with Crippen LogP contribution in [0.3, 0.4) is 0 Å². The summed E-state index contributed by atoms with van der Waals surface area (Å²) in [6, 6.07) is 5.26. The molecule has 0 saturated heterocycles. The Morgan fingerprint density at radius 3 is 2.86 bits per heavy atom. The van der Waals surface area contributed by atoms with Crippen LogP contribution in [0.5, 0.6) is 5.75 Å². The second-order valence-corrected chi connectivity index (χ2v) is 3.22. The molecule has 76 valence electrons. The minimum Gasteiger partial charge on any atom is -0.496 e. The molecule has 0 aromatic heterocycles. The van der Waals surface area contributed by atoms with Crippen LogP contribution in [0.2, 0.25) is 5.02 Å². The van der Waals surface area contributed by atoms with E-state index in [1.165, 1.54) is 7.11 Å². The summed E-state index contributed by atoms with van der Waals surface area (Å²) in [5.41, 5.74) is 0.749. The van der Waals surface area contributed by atoms with Gasteiger partial charge in [-0.05, 0) is 18.6 Å². The monoisotopic (exact) mass is 214 g/mol. The van der Waals surface area contributed by atoms with Crippen molar-refractivity contribution < 1.29 is 14.6 Å². The molecule has 0 atom stereocenters. The molecule has 0 heterocycles. The van der Waals surface area contributed by atoms with Gasteiger partial charge in [0.15, 0.2) is 0 Å². The molecule has 0 spiro atoms. The molecule has 14 heavy (non-hydrogen) atoms. The standard InChI is InChI=1S/C10H11ClO3/c1-14-9-4-2-3-8(11)7(9)5-6-10(12)13/h2-4H,5-6H2,1H3,(H,12,13). The second kappa shape index (κ2) is 4.86. The first kappa shape index (κ1) is 10.9. The van der Waals surface area contributed by atoms with Gasteiger partial charge in [-0.2, -0.15) is 0 Å². The fourth-order valence-corrected chi connectivity index (χ4v) is 1.47. The Labute approximate surface area is 87.3 Å². The summed E-state index contributed by atoms with van der Waals surface area (Å²) < 4.78 is 5.08. The van der Waals surface area contributed by atoms with Gasteiger partial charge in [-0.25, -0.2) is 0 Å². The zero-order chi connectivity index (χ0) is 10.6. The Morgan fingerprint density at radius 1 is 1.57 bits per heavy atom. The quantitative estimate of drug-likeness (QED) is 0.837. The van der Waals surface area contributed by atoms with E-state index in [0.29, 0.717) is 17.2 Å². The number of methoxy groups -OCH3 is 1. The van der Waals surface area contributed by atoms with E-state index in [-0.39, 0.29) is 6.42 Å². The second-order valence-electron chi connectivity index (χ2n) is 2.81. The Morgan fingerprint density at radius 2 is 2.29 bits per heavy atom. The summed E-state index contributed by atoms with van der Waals surface area (Å²) in [6.45, 7) is 0. The van der Waals surface area contributed by atoms with Gasteiger partial charge in [-0.3, -0.25) is 4.79 Å². The molecule has 0 radical (unpaired) electrons. The van der Waals surface area contributed by atoms with Crippen LogP contribution in [0.4, 0.5) is 0 Å². The number of rotatable bonds is 4. The fraction of sp³-hybridized carbons (Fsp3) is 0.300. The molecule has 0 saturated carbocycles. The van der Waals surface area contributed by atoms with Crippen LogP contribution in [0, 0.1) is 0 Å². The molecule has 4 heteroatoms. The van der Waals surface area contributed by atoms with Gasteiger partial charge in [0.1, 0.15) is 5.75 Å². The molecule has 3 nitrogen and oxygen atoms in total. The number of ether oxygens (including phenoxy) is 1. The van der Waals surface area contributed by atoms with E-state index in [1.807, 2.05) is 0 Å². The van der Waals surface area contributed by atoms with Gasteiger partial charge >= 0.3 is 5.97 Å². The van der Waals surface area contributed by atoms with Gasteiger partial charge in [0.25, 0.3) is 0 Å². The first-order chi connectivity index (χ1) is 6.65. The lowest BCUT2D eigenvalue weighted by Gasteiger charge is -2.08. The highest BCUT2D eigenvalue weighted by atomic mass is 35.5. The third-order valence-electron chi connectivity index (χ3n) is 1.88. The highest BCUT2D eigenvalue weighted by Crippen LogP contribution is 2.27. The summed E-state index contributed by atoms with van der Waals surface area (Å²) in [7, 11) is 1.54. The molecule has 0 amide bonds. The van der Waals surface area contributed by atoms with Gasteiger partial charge in [0.2, 0.25) is 0 Å². The Bertz CT molecular complexity index is 336. The number of carboxylic acid groups (broad SMARTS) is 1. The van der Waals surface area contributed by atoms with Crippen LogP contribution >= 0.6 is 11.6 Å². The number of aliphatic carboxylic acids is 1. The van der Waals surface area contributed by atoms with Gasteiger partial charge in [0, 0.05) is 17.0 Å². The molecule has 1 aromatic rings. The molecule has 1 rings (SSSR count). The molecule has 0 aliphatic carbocycles. The first-order valence-corrected chi connectivity index (χ1v) is 4.56. The first-order valence-electron chi connectivity index (χ1n) is 4.18. The SMILES string of the molecule is COc1cccc(Cl)c1CCC(=O)O. The van der Waals surface area contributed by atoms with Crippen molar-refractivity contribution in [3.8, 4) is 5.75 Å². The lowest BCUT2D eigenvalue weighted by molar-refractivity contribution is -0.136. The Hall–Kier alpha value is -1.22. The van der Waals surface area contributed by atoms with Crippen LogP contribution in [-0.2, 0) is 11.2 Å². The predicted molar refractivity (Wildman–Crippen MR) is 54.0 cm³/mol. The van der Waals surface area contributed by atoms with Crippen LogP contribution in [0.1, 0.15) is 12.0 Å². The van der Waals surface area contributed by atoms with Crippen molar-refractivity contribution in [1.29, 1.82) is 0 Å². The van der Waals surface area contributed by atoms with E-state index in [9.17, 15) is 4.79 Å². The number of halogens is 1. The molecule has 1 aromatic carbocycles. The topological polar surface area (TPSA) is 46.5 Å². The smallest absolute Gasteiger partial charge is 0.303 e. The van der Waals surface area contributed by atoms with E-state index in [0.717, 1.165) is 5.56 Å². The lowest BCUT2D eigenvalue weighted by atomic mass is 10.1. The minimum atomic E-state index is -0.841. The molecular formula is C10H11ClO3. The number of carboxylic acids is 1. The lowest BCUT2D eigenvalue weighted by Crippen LogP contribution is -2.00. The van der Waals surface area contributed by atoms with Gasteiger partial charge in [-0.15, -0.1) is 0 Å². The number of hydrogen-bond acceptors (Lipinski definition) is 2. The van der Waals surface area contributed by atoms with E-state index < -0.39 is 5.97 Å².